The molecule has 1 unspecified atom stereocenters. The smallest absolute Gasteiger partial charge is 0.410 e. The summed E-state index contributed by atoms with van der Waals surface area (Å²) in [5, 5.41) is 5.21. The average Bonchev–Trinajstić information content (AvgIpc) is 3.75. The maximum Gasteiger partial charge on any atom is 0.410 e. The van der Waals surface area contributed by atoms with E-state index in [1.54, 1.807) is 4.90 Å². The van der Waals surface area contributed by atoms with Gasteiger partial charge in [0.25, 0.3) is 0 Å². The molecule has 4 aliphatic rings. The van der Waals surface area contributed by atoms with Crippen molar-refractivity contribution in [2.45, 2.75) is 142 Å². The van der Waals surface area contributed by atoms with Crippen molar-refractivity contribution in [1.29, 1.82) is 0 Å². The van der Waals surface area contributed by atoms with Crippen LogP contribution < -0.4 is 15.4 Å². The van der Waals surface area contributed by atoms with Crippen molar-refractivity contribution in [1.82, 2.24) is 25.2 Å². The third kappa shape index (κ3) is 10.7. The van der Waals surface area contributed by atoms with Gasteiger partial charge in [0.05, 0.1) is 18.4 Å². The maximum atomic E-state index is 14.4. The van der Waals surface area contributed by atoms with E-state index in [9.17, 15) is 32.4 Å². The Labute approximate surface area is 319 Å². The lowest BCUT2D eigenvalue weighted by atomic mass is 9.85. The molecule has 1 aromatic carbocycles. The van der Waals surface area contributed by atoms with Crippen molar-refractivity contribution in [2.24, 2.45) is 16.7 Å². The van der Waals surface area contributed by atoms with Gasteiger partial charge in [0.15, 0.2) is 0 Å². The second kappa shape index (κ2) is 16.9. The number of carbonyl (C=O) groups excluding carboxylic acids is 5. The SMILES string of the molecule is CC[C@H](CCC(=O)NS(=O)(=O)C1CC1)CNC(=O)C1C[C@@H]2CN1C(=O)[C@H](C(C)(C)C)NC(=O)OCC(C)(C)CCCCc1cccc3c1CN(C3)C(=O)O2. The van der Waals surface area contributed by atoms with Gasteiger partial charge in [-0.2, -0.15) is 0 Å². The van der Waals surface area contributed by atoms with Gasteiger partial charge in [0, 0.05) is 32.5 Å². The van der Waals surface area contributed by atoms with Crippen molar-refractivity contribution < 1.29 is 41.9 Å². The fourth-order valence-electron chi connectivity index (χ4n) is 7.49. The Kier molecular flexibility index (Phi) is 12.9. The summed E-state index contributed by atoms with van der Waals surface area (Å²) in [5.41, 5.74) is 2.35. The molecule has 1 saturated carbocycles. The molecule has 0 aromatic heterocycles. The molecule has 0 spiro atoms. The number of sulfonamides is 1. The Balaban J connectivity index is 1.32. The molecule has 2 fully saturated rings. The Morgan fingerprint density at radius 1 is 1.07 bits per heavy atom. The Morgan fingerprint density at radius 3 is 2.48 bits per heavy atom. The minimum atomic E-state index is -3.64. The van der Waals surface area contributed by atoms with Crippen LogP contribution in [-0.4, -0.2) is 91.3 Å². The molecular formula is C39H59N5O9S. The number of nitrogens with one attached hydrogen (secondary N) is 3. The lowest BCUT2D eigenvalue weighted by Crippen LogP contribution is -2.58. The van der Waals surface area contributed by atoms with Gasteiger partial charge >= 0.3 is 12.2 Å². The Bertz CT molecular complexity index is 1690. The first-order chi connectivity index (χ1) is 25.4. The summed E-state index contributed by atoms with van der Waals surface area (Å²) in [6.45, 7) is 12.6. The van der Waals surface area contributed by atoms with E-state index >= 15 is 0 Å². The Morgan fingerprint density at radius 2 is 1.80 bits per heavy atom. The second-order valence-electron chi connectivity index (χ2n) is 17.4. The van der Waals surface area contributed by atoms with Crippen LogP contribution >= 0.6 is 0 Å². The highest BCUT2D eigenvalue weighted by Crippen LogP contribution is 2.32. The molecule has 1 aliphatic carbocycles. The zero-order valence-corrected chi connectivity index (χ0v) is 33.5. The zero-order valence-electron chi connectivity index (χ0n) is 32.7. The van der Waals surface area contributed by atoms with E-state index < -0.39 is 68.8 Å². The lowest BCUT2D eigenvalue weighted by Gasteiger charge is -2.35. The van der Waals surface area contributed by atoms with Crippen LogP contribution in [-0.2, 0) is 53.4 Å². The third-order valence-corrected chi connectivity index (χ3v) is 13.0. The van der Waals surface area contributed by atoms with Crippen LogP contribution in [0.5, 0.6) is 0 Å². The fraction of sp³-hybridized carbons (Fsp3) is 0.718. The van der Waals surface area contributed by atoms with Crippen LogP contribution in [0.1, 0.15) is 116 Å². The summed E-state index contributed by atoms with van der Waals surface area (Å²) < 4.78 is 38.2. The van der Waals surface area contributed by atoms with Gasteiger partial charge < -0.3 is 25.0 Å². The molecule has 3 aliphatic heterocycles. The molecule has 5 amide bonds. The number of ether oxygens (including phenoxy) is 2. The number of rotatable bonds is 9. The second-order valence-corrected chi connectivity index (χ2v) is 19.3. The van der Waals surface area contributed by atoms with Crippen LogP contribution in [0.3, 0.4) is 0 Å². The molecule has 1 aromatic rings. The van der Waals surface area contributed by atoms with Crippen molar-refractivity contribution >= 4 is 39.9 Å². The first-order valence-corrected chi connectivity index (χ1v) is 21.0. The molecule has 14 nitrogen and oxygen atoms in total. The maximum absolute atomic E-state index is 14.4. The number of amides is 5. The molecule has 3 heterocycles. The number of cyclic esters (lactones) is 1. The van der Waals surface area contributed by atoms with Gasteiger partial charge in [-0.1, -0.05) is 72.6 Å². The molecular weight excluding hydrogens is 715 g/mol. The normalized spacial score (nSPS) is 24.6. The van der Waals surface area contributed by atoms with Crippen molar-refractivity contribution in [3.8, 4) is 0 Å². The highest BCUT2D eigenvalue weighted by molar-refractivity contribution is 7.90. The fourth-order valence-corrected chi connectivity index (χ4v) is 8.84. The number of hydrogen-bond donors (Lipinski definition) is 3. The first-order valence-electron chi connectivity index (χ1n) is 19.5. The highest BCUT2D eigenvalue weighted by atomic mass is 32.2. The van der Waals surface area contributed by atoms with E-state index in [1.807, 2.05) is 53.7 Å². The topological polar surface area (TPSA) is 181 Å². The molecule has 3 N–H and O–H groups in total. The first kappa shape index (κ1) is 41.3. The van der Waals surface area contributed by atoms with E-state index in [4.69, 9.17) is 9.47 Å². The van der Waals surface area contributed by atoms with Gasteiger partial charge in [0.2, 0.25) is 27.7 Å². The predicted molar refractivity (Wildman–Crippen MR) is 201 cm³/mol. The number of nitrogens with zero attached hydrogens (tertiary/aromatic N) is 2. The number of benzene rings is 1. The minimum absolute atomic E-state index is 0.0134. The van der Waals surface area contributed by atoms with E-state index in [1.165, 1.54) is 10.5 Å². The molecule has 4 bridgehead atoms. The molecule has 300 valence electrons. The monoisotopic (exact) mass is 773 g/mol. The van der Waals surface area contributed by atoms with Crippen molar-refractivity contribution in [3.05, 3.63) is 34.9 Å². The largest absolute Gasteiger partial charge is 0.449 e. The summed E-state index contributed by atoms with van der Waals surface area (Å²) in [4.78, 5) is 70.6. The highest BCUT2D eigenvalue weighted by Gasteiger charge is 2.47. The third-order valence-electron chi connectivity index (χ3n) is 11.1. The molecule has 15 heteroatoms. The predicted octanol–water partition coefficient (Wildman–Crippen LogP) is 4.53. The van der Waals surface area contributed by atoms with Gasteiger partial charge in [-0.25, -0.2) is 18.0 Å². The molecule has 4 atom stereocenters. The van der Waals surface area contributed by atoms with Gasteiger partial charge in [0.1, 0.15) is 18.2 Å². The number of aryl methyl sites for hydroxylation is 1. The molecule has 0 radical (unpaired) electrons. The summed E-state index contributed by atoms with van der Waals surface area (Å²) in [6, 6.07) is 4.09. The molecule has 54 heavy (non-hydrogen) atoms. The Hall–Kier alpha value is -3.88. The van der Waals surface area contributed by atoms with Crippen LogP contribution in [0.25, 0.3) is 0 Å². The summed E-state index contributed by atoms with van der Waals surface area (Å²) in [5.74, 6) is -1.65. The van der Waals surface area contributed by atoms with E-state index in [-0.39, 0.29) is 43.9 Å². The van der Waals surface area contributed by atoms with Crippen molar-refractivity contribution in [2.75, 3.05) is 19.7 Å². The summed E-state index contributed by atoms with van der Waals surface area (Å²) >= 11 is 0. The van der Waals surface area contributed by atoms with Gasteiger partial charge in [-0.3, -0.25) is 24.0 Å². The van der Waals surface area contributed by atoms with Gasteiger partial charge in [-0.05, 0) is 72.0 Å². The van der Waals surface area contributed by atoms with Crippen LogP contribution in [0.2, 0.25) is 0 Å². The van der Waals surface area contributed by atoms with Gasteiger partial charge in [-0.15, -0.1) is 0 Å². The number of hydrogen-bond acceptors (Lipinski definition) is 9. The standard InChI is InChI=1S/C39H59N5O9S/c1-7-25(14-17-32(45)42-54(50,51)29-15-16-29)20-40-34(46)31-19-28-22-44(31)35(47)33(38(2,3)4)41-36(48)52-24-39(5,6)18-9-8-11-26-12-10-13-27-21-43(23-30(26)27)37(49)53-28/h10,12-13,25,28-29,31,33H,7-9,11,14-24H2,1-6H3,(H,40,46)(H,41,48)(H,42,45)/t25-,28-,31?,33-/m1/s1. The zero-order chi connectivity index (χ0) is 39.4. The van der Waals surface area contributed by atoms with E-state index in [2.05, 4.69) is 21.4 Å². The van der Waals surface area contributed by atoms with Crippen molar-refractivity contribution in [3.63, 3.8) is 0 Å². The van der Waals surface area contributed by atoms with Crippen LogP contribution in [0.15, 0.2) is 18.2 Å². The number of fused-ring (bicyclic) bond motifs is 3. The lowest BCUT2D eigenvalue weighted by molar-refractivity contribution is -0.142. The summed E-state index contributed by atoms with van der Waals surface area (Å²) in [6.07, 6.45) is 3.65. The minimum Gasteiger partial charge on any atom is -0.449 e. The molecule has 1 saturated heterocycles. The number of alkyl carbamates (subject to hydrolysis) is 1. The van der Waals surface area contributed by atoms with E-state index in [0.29, 0.717) is 38.8 Å². The summed E-state index contributed by atoms with van der Waals surface area (Å²) in [7, 11) is -3.64. The average molecular weight is 774 g/mol. The van der Waals surface area contributed by atoms with Crippen LogP contribution in [0.4, 0.5) is 9.59 Å². The quantitative estimate of drug-likeness (QED) is 0.325. The van der Waals surface area contributed by atoms with Crippen LogP contribution in [0, 0.1) is 16.7 Å². The van der Waals surface area contributed by atoms with E-state index in [0.717, 1.165) is 36.8 Å². The molecule has 5 rings (SSSR count). The number of carbonyl (C=O) groups is 5.